The lowest BCUT2D eigenvalue weighted by molar-refractivity contribution is -0.137. The van der Waals surface area contributed by atoms with Crippen molar-refractivity contribution in [3.63, 3.8) is 0 Å². The molecule has 0 bridgehead atoms. The van der Waals surface area contributed by atoms with Gasteiger partial charge in [-0.15, -0.1) is 0 Å². The molecule has 3 aromatic rings. The number of alkyl halides is 3. The molecule has 1 unspecified atom stereocenters. The van der Waals surface area contributed by atoms with Crippen molar-refractivity contribution in [3.05, 3.63) is 47.5 Å². The molecule has 144 valence electrons. The van der Waals surface area contributed by atoms with Crippen LogP contribution in [0.2, 0.25) is 0 Å². The second kappa shape index (κ2) is 6.02. The number of anilines is 1. The zero-order valence-corrected chi connectivity index (χ0v) is 14.7. The molecule has 2 aliphatic rings. The van der Waals surface area contributed by atoms with E-state index in [1.807, 2.05) is 0 Å². The Kier molecular flexibility index (Phi) is 3.68. The second-order valence-electron chi connectivity index (χ2n) is 7.25. The van der Waals surface area contributed by atoms with Crippen LogP contribution in [0.25, 0.3) is 11.0 Å². The highest BCUT2D eigenvalue weighted by Crippen LogP contribution is 2.44. The molecule has 1 aliphatic carbocycles. The number of carbonyl (C=O) groups excluding carboxylic acids is 1. The number of aromatic nitrogens is 4. The van der Waals surface area contributed by atoms with E-state index in [9.17, 15) is 18.0 Å². The van der Waals surface area contributed by atoms with E-state index in [0.717, 1.165) is 37.8 Å². The van der Waals surface area contributed by atoms with Crippen LogP contribution in [0.5, 0.6) is 0 Å². The summed E-state index contributed by atoms with van der Waals surface area (Å²) in [7, 11) is 0. The van der Waals surface area contributed by atoms with Gasteiger partial charge in [-0.05, 0) is 36.6 Å². The average Bonchev–Trinajstić information content (AvgIpc) is 3.36. The molecule has 9 heteroatoms. The summed E-state index contributed by atoms with van der Waals surface area (Å²) in [6.45, 7) is 0. The normalized spacial score (nSPS) is 20.0. The zero-order chi connectivity index (χ0) is 19.5. The van der Waals surface area contributed by atoms with E-state index >= 15 is 0 Å². The smallest absolute Gasteiger partial charge is 0.325 e. The Balaban J connectivity index is 1.73. The van der Waals surface area contributed by atoms with Crippen LogP contribution in [0.15, 0.2) is 30.7 Å². The number of carbonyl (C=O) groups is 1. The maximum atomic E-state index is 13.3. The van der Waals surface area contributed by atoms with Crippen LogP contribution in [0.4, 0.5) is 18.9 Å². The first-order valence-electron chi connectivity index (χ1n) is 9.13. The highest BCUT2D eigenvalue weighted by Gasteiger charge is 2.40. The summed E-state index contributed by atoms with van der Waals surface area (Å²) in [6.07, 6.45) is 2.41. The third-order valence-corrected chi connectivity index (χ3v) is 5.57. The van der Waals surface area contributed by atoms with Crippen LogP contribution in [0.1, 0.15) is 54.5 Å². The first kappa shape index (κ1) is 17.2. The van der Waals surface area contributed by atoms with Crippen molar-refractivity contribution < 1.29 is 18.0 Å². The third-order valence-electron chi connectivity index (χ3n) is 5.57. The Labute approximate surface area is 157 Å². The summed E-state index contributed by atoms with van der Waals surface area (Å²) in [6, 6.07) is 3.45. The highest BCUT2D eigenvalue weighted by atomic mass is 19.4. The molecule has 1 atom stereocenters. The molecule has 0 saturated heterocycles. The molecule has 2 aromatic heterocycles. The molecule has 1 aliphatic heterocycles. The molecular formula is C19H16F3N5O. The second-order valence-corrected chi connectivity index (χ2v) is 7.25. The van der Waals surface area contributed by atoms with Gasteiger partial charge in [0.2, 0.25) is 5.91 Å². The molecule has 6 nitrogen and oxygen atoms in total. The first-order chi connectivity index (χ1) is 13.4. The van der Waals surface area contributed by atoms with Crippen molar-refractivity contribution >= 4 is 22.6 Å². The number of halogens is 3. The monoisotopic (exact) mass is 387 g/mol. The van der Waals surface area contributed by atoms with E-state index in [4.69, 9.17) is 0 Å². The maximum Gasteiger partial charge on any atom is 0.416 e. The number of benzene rings is 1. The van der Waals surface area contributed by atoms with E-state index < -0.39 is 17.7 Å². The number of rotatable bonds is 2. The van der Waals surface area contributed by atoms with Crippen molar-refractivity contribution in [3.8, 4) is 0 Å². The number of nitrogens with zero attached hydrogens (tertiary/aromatic N) is 4. The Morgan fingerprint density at radius 3 is 2.71 bits per heavy atom. The Hall–Kier alpha value is -2.97. The van der Waals surface area contributed by atoms with Crippen molar-refractivity contribution in [2.24, 2.45) is 0 Å². The van der Waals surface area contributed by atoms with Gasteiger partial charge in [0.1, 0.15) is 12.2 Å². The quantitative estimate of drug-likeness (QED) is 0.720. The number of fused-ring (bicyclic) bond motifs is 2. The molecule has 3 heterocycles. The first-order valence-corrected chi connectivity index (χ1v) is 9.13. The Morgan fingerprint density at radius 2 is 1.96 bits per heavy atom. The summed E-state index contributed by atoms with van der Waals surface area (Å²) in [5, 5.41) is 7.89. The lowest BCUT2D eigenvalue weighted by Gasteiger charge is -2.18. The minimum atomic E-state index is -4.48. The molecule has 1 fully saturated rings. The van der Waals surface area contributed by atoms with Gasteiger partial charge in [-0.2, -0.15) is 18.3 Å². The lowest BCUT2D eigenvalue weighted by atomic mass is 9.93. The largest absolute Gasteiger partial charge is 0.416 e. The predicted molar refractivity (Wildman–Crippen MR) is 94.7 cm³/mol. The van der Waals surface area contributed by atoms with Gasteiger partial charge in [-0.3, -0.25) is 9.48 Å². The molecule has 28 heavy (non-hydrogen) atoms. The van der Waals surface area contributed by atoms with Gasteiger partial charge in [-0.25, -0.2) is 9.97 Å². The fraction of sp³-hybridized carbons (Fsp3) is 0.368. The zero-order valence-electron chi connectivity index (χ0n) is 14.7. The summed E-state index contributed by atoms with van der Waals surface area (Å²) < 4.78 is 41.6. The van der Waals surface area contributed by atoms with Crippen LogP contribution in [-0.4, -0.2) is 25.7 Å². The molecule has 1 aromatic carbocycles. The molecule has 0 radical (unpaired) electrons. The van der Waals surface area contributed by atoms with Crippen LogP contribution >= 0.6 is 0 Å². The van der Waals surface area contributed by atoms with Crippen LogP contribution in [-0.2, 0) is 11.0 Å². The lowest BCUT2D eigenvalue weighted by Crippen LogP contribution is -2.20. The van der Waals surface area contributed by atoms with Crippen molar-refractivity contribution in [2.45, 2.75) is 43.8 Å². The van der Waals surface area contributed by atoms with E-state index in [2.05, 4.69) is 20.4 Å². The fourth-order valence-electron chi connectivity index (χ4n) is 4.29. The van der Waals surface area contributed by atoms with Crippen LogP contribution in [0, 0.1) is 0 Å². The van der Waals surface area contributed by atoms with Gasteiger partial charge < -0.3 is 5.32 Å². The number of hydrogen-bond acceptors (Lipinski definition) is 4. The molecular weight excluding hydrogens is 371 g/mol. The van der Waals surface area contributed by atoms with Crippen molar-refractivity contribution in [2.75, 3.05) is 5.32 Å². The topological polar surface area (TPSA) is 72.7 Å². The fourth-order valence-corrected chi connectivity index (χ4v) is 4.29. The van der Waals surface area contributed by atoms with Gasteiger partial charge >= 0.3 is 6.18 Å². The molecule has 5 rings (SSSR count). The Morgan fingerprint density at radius 1 is 1.18 bits per heavy atom. The number of hydrogen-bond donors (Lipinski definition) is 1. The van der Waals surface area contributed by atoms with E-state index in [-0.39, 0.29) is 11.9 Å². The molecule has 1 N–H and O–H groups in total. The van der Waals surface area contributed by atoms with Gasteiger partial charge in [0.05, 0.1) is 22.7 Å². The Bertz CT molecular complexity index is 1080. The predicted octanol–water partition coefficient (Wildman–Crippen LogP) is 4.04. The number of nitrogens with one attached hydrogen (secondary N) is 1. The highest BCUT2D eigenvalue weighted by molar-refractivity contribution is 6.06. The maximum absolute atomic E-state index is 13.3. The van der Waals surface area contributed by atoms with Crippen molar-refractivity contribution in [1.82, 2.24) is 19.7 Å². The van der Waals surface area contributed by atoms with E-state index in [1.165, 1.54) is 12.4 Å². The van der Waals surface area contributed by atoms with Crippen molar-refractivity contribution in [1.29, 1.82) is 0 Å². The van der Waals surface area contributed by atoms with Gasteiger partial charge in [0, 0.05) is 11.9 Å². The van der Waals surface area contributed by atoms with Crippen LogP contribution < -0.4 is 5.32 Å². The molecule has 1 saturated carbocycles. The standard InChI is InChI=1S/C19H16F3N5O/c20-19(21,22)10-5-6-14-12(7-10)15(18(28)25-14)16-13-8-23-9-24-17(13)26-27(16)11-3-1-2-4-11/h5-9,11,15H,1-4H2,(H,25,28). The van der Waals surface area contributed by atoms with Gasteiger partial charge in [-0.1, -0.05) is 12.8 Å². The van der Waals surface area contributed by atoms with Crippen LogP contribution in [0.3, 0.4) is 0 Å². The minimum absolute atomic E-state index is 0.104. The third kappa shape index (κ3) is 2.56. The summed E-state index contributed by atoms with van der Waals surface area (Å²) in [5.74, 6) is -1.24. The summed E-state index contributed by atoms with van der Waals surface area (Å²) in [5.41, 5.74) is 0.945. The minimum Gasteiger partial charge on any atom is -0.325 e. The molecule has 0 spiro atoms. The van der Waals surface area contributed by atoms with Gasteiger partial charge in [0.25, 0.3) is 0 Å². The van der Waals surface area contributed by atoms with E-state index in [1.54, 1.807) is 10.9 Å². The molecule has 1 amide bonds. The summed E-state index contributed by atoms with van der Waals surface area (Å²) >= 11 is 0. The number of amides is 1. The average molecular weight is 387 g/mol. The SMILES string of the molecule is O=C1Nc2ccc(C(F)(F)F)cc2C1c1c2cncnc2nn1C1CCCC1. The summed E-state index contributed by atoms with van der Waals surface area (Å²) in [4.78, 5) is 21.1. The van der Waals surface area contributed by atoms with Gasteiger partial charge in [0.15, 0.2) is 5.65 Å². The van der Waals surface area contributed by atoms with E-state index in [0.29, 0.717) is 28.0 Å².